The van der Waals surface area contributed by atoms with Crippen molar-refractivity contribution in [1.29, 1.82) is 0 Å². The average molecular weight is 332 g/mol. The highest BCUT2D eigenvalue weighted by atomic mass is 19.1. The summed E-state index contributed by atoms with van der Waals surface area (Å²) in [5, 5.41) is 0. The molecule has 1 unspecified atom stereocenters. The van der Waals surface area contributed by atoms with E-state index in [1.807, 2.05) is 6.07 Å². The van der Waals surface area contributed by atoms with E-state index in [-0.39, 0.29) is 18.2 Å². The number of carbonyl (C=O) groups excluding carboxylic acids is 1. The molecule has 1 saturated heterocycles. The Hall–Kier alpha value is -2.34. The van der Waals surface area contributed by atoms with E-state index >= 15 is 0 Å². The Morgan fingerprint density at radius 1 is 1.29 bits per heavy atom. The highest BCUT2D eigenvalue weighted by Gasteiger charge is 2.25. The molecule has 0 aliphatic carbocycles. The van der Waals surface area contributed by atoms with E-state index < -0.39 is 17.5 Å². The molecule has 126 valence electrons. The number of amides is 1. The molecule has 0 radical (unpaired) electrons. The van der Waals surface area contributed by atoms with Crippen LogP contribution >= 0.6 is 0 Å². The molecule has 6 heteroatoms. The van der Waals surface area contributed by atoms with Crippen LogP contribution in [0.1, 0.15) is 28.9 Å². The van der Waals surface area contributed by atoms with Crippen LogP contribution in [-0.4, -0.2) is 35.0 Å². The predicted octanol–water partition coefficient (Wildman–Crippen LogP) is 3.18. The molecule has 1 aliphatic heterocycles. The number of benzene rings is 1. The van der Waals surface area contributed by atoms with Crippen molar-refractivity contribution in [1.82, 2.24) is 9.88 Å². The van der Waals surface area contributed by atoms with Crippen molar-refractivity contribution in [3.05, 3.63) is 65.5 Å². The van der Waals surface area contributed by atoms with Gasteiger partial charge in [-0.2, -0.15) is 0 Å². The van der Waals surface area contributed by atoms with Crippen molar-refractivity contribution in [2.24, 2.45) is 0 Å². The van der Waals surface area contributed by atoms with Crippen LogP contribution in [0.25, 0.3) is 0 Å². The van der Waals surface area contributed by atoms with E-state index in [0.717, 1.165) is 31.0 Å². The van der Waals surface area contributed by atoms with Crippen molar-refractivity contribution in [2.75, 3.05) is 13.2 Å². The lowest BCUT2D eigenvalue weighted by Gasteiger charge is -2.25. The lowest BCUT2D eigenvalue weighted by molar-refractivity contribution is 0.0500. The van der Waals surface area contributed by atoms with Gasteiger partial charge in [0.2, 0.25) is 0 Å². The Kier molecular flexibility index (Phi) is 5.15. The maximum Gasteiger partial charge on any atom is 0.257 e. The standard InChI is InChI=1S/C18H18F2N2O2/c19-13-6-7-17(20)16(10-13)18(23)22(12-15-5-3-9-24-15)11-14-4-1-2-8-21-14/h1-2,4,6-8,10,15H,3,5,9,11-12H2. The van der Waals surface area contributed by atoms with Gasteiger partial charge in [-0.3, -0.25) is 9.78 Å². The van der Waals surface area contributed by atoms with Crippen LogP contribution in [0.2, 0.25) is 0 Å². The molecule has 1 fully saturated rings. The number of aromatic nitrogens is 1. The molecule has 0 saturated carbocycles. The zero-order chi connectivity index (χ0) is 16.9. The van der Waals surface area contributed by atoms with Gasteiger partial charge in [0.25, 0.3) is 5.91 Å². The van der Waals surface area contributed by atoms with Gasteiger partial charge in [0.15, 0.2) is 0 Å². The zero-order valence-electron chi connectivity index (χ0n) is 13.1. The van der Waals surface area contributed by atoms with Crippen LogP contribution in [0.4, 0.5) is 8.78 Å². The minimum absolute atomic E-state index is 0.0886. The molecule has 24 heavy (non-hydrogen) atoms. The average Bonchev–Trinajstić information content (AvgIpc) is 3.10. The second-order valence-electron chi connectivity index (χ2n) is 5.77. The molecule has 1 aromatic heterocycles. The molecule has 2 aromatic rings. The van der Waals surface area contributed by atoms with Crippen molar-refractivity contribution in [2.45, 2.75) is 25.5 Å². The number of ether oxygens (including phenoxy) is 1. The molecule has 1 atom stereocenters. The fourth-order valence-corrected chi connectivity index (χ4v) is 2.77. The molecule has 1 amide bonds. The number of halogens is 2. The molecular weight excluding hydrogens is 314 g/mol. The smallest absolute Gasteiger partial charge is 0.257 e. The molecule has 0 spiro atoms. The Morgan fingerprint density at radius 3 is 2.88 bits per heavy atom. The van der Waals surface area contributed by atoms with Crippen LogP contribution in [0.5, 0.6) is 0 Å². The molecule has 1 aromatic carbocycles. The quantitative estimate of drug-likeness (QED) is 0.844. The first-order valence-electron chi connectivity index (χ1n) is 7.89. The number of carbonyl (C=O) groups is 1. The Bertz CT molecular complexity index is 703. The van der Waals surface area contributed by atoms with Crippen LogP contribution in [-0.2, 0) is 11.3 Å². The highest BCUT2D eigenvalue weighted by molar-refractivity contribution is 5.94. The van der Waals surface area contributed by atoms with Crippen molar-refractivity contribution >= 4 is 5.91 Å². The monoisotopic (exact) mass is 332 g/mol. The lowest BCUT2D eigenvalue weighted by atomic mass is 10.1. The van der Waals surface area contributed by atoms with E-state index in [1.54, 1.807) is 18.3 Å². The van der Waals surface area contributed by atoms with Crippen molar-refractivity contribution in [3.63, 3.8) is 0 Å². The topological polar surface area (TPSA) is 42.4 Å². The van der Waals surface area contributed by atoms with E-state index in [1.165, 1.54) is 4.90 Å². The van der Waals surface area contributed by atoms with Crippen LogP contribution in [0, 0.1) is 11.6 Å². The molecular formula is C18H18F2N2O2. The SMILES string of the molecule is O=C(c1cc(F)ccc1F)N(Cc1ccccn1)CC1CCCO1. The van der Waals surface area contributed by atoms with Gasteiger partial charge in [-0.15, -0.1) is 0 Å². The van der Waals surface area contributed by atoms with Crippen molar-refractivity contribution in [3.8, 4) is 0 Å². The number of hydrogen-bond acceptors (Lipinski definition) is 3. The molecule has 1 aliphatic rings. The van der Waals surface area contributed by atoms with Crippen LogP contribution in [0.15, 0.2) is 42.6 Å². The Balaban J connectivity index is 1.84. The maximum atomic E-state index is 14.0. The second kappa shape index (κ2) is 7.49. The number of nitrogens with zero attached hydrogens (tertiary/aromatic N) is 2. The minimum atomic E-state index is -0.736. The normalized spacial score (nSPS) is 17.0. The van der Waals surface area contributed by atoms with E-state index in [4.69, 9.17) is 4.74 Å². The van der Waals surface area contributed by atoms with Gasteiger partial charge < -0.3 is 9.64 Å². The molecule has 4 nitrogen and oxygen atoms in total. The van der Waals surface area contributed by atoms with E-state index in [9.17, 15) is 13.6 Å². The maximum absolute atomic E-state index is 14.0. The third-order valence-corrected chi connectivity index (χ3v) is 3.97. The molecule has 0 bridgehead atoms. The van der Waals surface area contributed by atoms with Gasteiger partial charge in [0.05, 0.1) is 23.9 Å². The first kappa shape index (κ1) is 16.5. The molecule has 0 N–H and O–H groups in total. The summed E-state index contributed by atoms with van der Waals surface area (Å²) in [6.07, 6.45) is 3.32. The second-order valence-corrected chi connectivity index (χ2v) is 5.77. The first-order chi connectivity index (χ1) is 11.6. The van der Waals surface area contributed by atoms with E-state index in [2.05, 4.69) is 4.98 Å². The predicted molar refractivity (Wildman–Crippen MR) is 84.3 cm³/mol. The third kappa shape index (κ3) is 3.94. The van der Waals surface area contributed by atoms with Crippen LogP contribution in [0.3, 0.4) is 0 Å². The Labute approximate surface area is 139 Å². The van der Waals surface area contributed by atoms with Crippen LogP contribution < -0.4 is 0 Å². The molecule has 3 rings (SSSR count). The van der Waals surface area contributed by atoms with E-state index in [0.29, 0.717) is 18.8 Å². The van der Waals surface area contributed by atoms with Gasteiger partial charge in [-0.05, 0) is 43.2 Å². The third-order valence-electron chi connectivity index (χ3n) is 3.97. The number of hydrogen-bond donors (Lipinski definition) is 0. The number of rotatable bonds is 5. The summed E-state index contributed by atoms with van der Waals surface area (Å²) >= 11 is 0. The summed E-state index contributed by atoms with van der Waals surface area (Å²) in [6, 6.07) is 8.28. The Morgan fingerprint density at radius 2 is 2.17 bits per heavy atom. The number of pyridine rings is 1. The largest absolute Gasteiger partial charge is 0.376 e. The summed E-state index contributed by atoms with van der Waals surface area (Å²) in [5.41, 5.74) is 0.407. The summed E-state index contributed by atoms with van der Waals surface area (Å²) in [7, 11) is 0. The zero-order valence-corrected chi connectivity index (χ0v) is 13.1. The van der Waals surface area contributed by atoms with Gasteiger partial charge >= 0.3 is 0 Å². The van der Waals surface area contributed by atoms with Gasteiger partial charge in [0.1, 0.15) is 11.6 Å². The lowest BCUT2D eigenvalue weighted by Crippen LogP contribution is -2.37. The van der Waals surface area contributed by atoms with Gasteiger partial charge in [-0.25, -0.2) is 8.78 Å². The summed E-state index contributed by atoms with van der Waals surface area (Å²) in [4.78, 5) is 18.4. The summed E-state index contributed by atoms with van der Waals surface area (Å²) in [6.45, 7) is 1.20. The van der Waals surface area contributed by atoms with Gasteiger partial charge in [0, 0.05) is 19.3 Å². The fourth-order valence-electron chi connectivity index (χ4n) is 2.77. The molecule has 2 heterocycles. The highest BCUT2D eigenvalue weighted by Crippen LogP contribution is 2.18. The summed E-state index contributed by atoms with van der Waals surface area (Å²) in [5.74, 6) is -1.94. The fraction of sp³-hybridized carbons (Fsp3) is 0.333. The van der Waals surface area contributed by atoms with Gasteiger partial charge in [-0.1, -0.05) is 6.07 Å². The first-order valence-corrected chi connectivity index (χ1v) is 7.89. The van der Waals surface area contributed by atoms with Crippen molar-refractivity contribution < 1.29 is 18.3 Å². The minimum Gasteiger partial charge on any atom is -0.376 e. The summed E-state index contributed by atoms with van der Waals surface area (Å²) < 4.78 is 33.0.